The molecule has 0 saturated carbocycles. The van der Waals surface area contributed by atoms with Gasteiger partial charge in [0.25, 0.3) is 0 Å². The Morgan fingerprint density at radius 1 is 1.19 bits per heavy atom. The second-order valence-electron chi connectivity index (χ2n) is 3.89. The number of ether oxygens (including phenoxy) is 2. The van der Waals surface area contributed by atoms with Crippen LogP contribution in [-0.4, -0.2) is 40.6 Å². The van der Waals surface area contributed by atoms with Crippen molar-refractivity contribution >= 4 is 17.8 Å². The summed E-state index contributed by atoms with van der Waals surface area (Å²) in [6, 6.07) is 3.82. The van der Waals surface area contributed by atoms with Gasteiger partial charge in [-0.15, -0.1) is 0 Å². The molecule has 21 heavy (non-hydrogen) atoms. The van der Waals surface area contributed by atoms with Gasteiger partial charge in [0.1, 0.15) is 0 Å². The average Bonchev–Trinajstić information content (AvgIpc) is 3.10. The number of nitro groups is 1. The summed E-state index contributed by atoms with van der Waals surface area (Å²) in [5.74, 6) is -1.85. The van der Waals surface area contributed by atoms with Crippen molar-refractivity contribution in [2.75, 3.05) is 14.2 Å². The number of hydrogen-bond acceptors (Lipinski definition) is 6. The number of aromatic amines is 1. The fourth-order valence-corrected chi connectivity index (χ4v) is 1.90. The Labute approximate surface area is 118 Å². The summed E-state index contributed by atoms with van der Waals surface area (Å²) in [6.07, 6.45) is 1.41. The third-order valence-electron chi connectivity index (χ3n) is 2.80. The Hall–Kier alpha value is -3.10. The molecule has 2 aromatic heterocycles. The van der Waals surface area contributed by atoms with E-state index in [-0.39, 0.29) is 22.9 Å². The molecule has 0 aliphatic heterocycles. The molecule has 9 heteroatoms. The van der Waals surface area contributed by atoms with Crippen molar-refractivity contribution in [3.05, 3.63) is 45.9 Å². The van der Waals surface area contributed by atoms with Gasteiger partial charge < -0.3 is 24.6 Å². The first-order valence-electron chi connectivity index (χ1n) is 5.71. The molecule has 9 nitrogen and oxygen atoms in total. The van der Waals surface area contributed by atoms with Gasteiger partial charge in [0.2, 0.25) is 5.69 Å². The molecule has 2 aromatic rings. The van der Waals surface area contributed by atoms with Crippen LogP contribution >= 0.6 is 0 Å². The van der Waals surface area contributed by atoms with E-state index in [1.807, 2.05) is 0 Å². The van der Waals surface area contributed by atoms with Gasteiger partial charge in [0.05, 0.1) is 14.2 Å². The van der Waals surface area contributed by atoms with Crippen molar-refractivity contribution in [2.45, 2.75) is 0 Å². The van der Waals surface area contributed by atoms with E-state index in [0.29, 0.717) is 0 Å². The van der Waals surface area contributed by atoms with Crippen molar-refractivity contribution in [3.8, 4) is 5.69 Å². The molecule has 0 aliphatic carbocycles. The molecule has 0 bridgehead atoms. The number of esters is 2. The molecule has 1 N–H and O–H groups in total. The quantitative estimate of drug-likeness (QED) is 0.515. The van der Waals surface area contributed by atoms with Gasteiger partial charge >= 0.3 is 17.8 Å². The normalized spacial score (nSPS) is 10.2. The minimum Gasteiger partial charge on any atom is -0.464 e. The van der Waals surface area contributed by atoms with E-state index in [0.717, 1.165) is 17.7 Å². The third kappa shape index (κ3) is 2.36. The summed E-state index contributed by atoms with van der Waals surface area (Å²) in [6.45, 7) is 0. The number of aromatic nitrogens is 2. The van der Waals surface area contributed by atoms with Crippen molar-refractivity contribution < 1.29 is 24.0 Å². The SMILES string of the molecule is COC(=O)c1[nH]ccc1-n1c(C(=O)OC)ccc1[N+](=O)[O-]. The highest BCUT2D eigenvalue weighted by molar-refractivity contribution is 5.94. The first kappa shape index (κ1) is 14.3. The highest BCUT2D eigenvalue weighted by Gasteiger charge is 2.30. The zero-order valence-corrected chi connectivity index (χ0v) is 11.2. The zero-order valence-electron chi connectivity index (χ0n) is 11.2. The Morgan fingerprint density at radius 2 is 1.86 bits per heavy atom. The van der Waals surface area contributed by atoms with Gasteiger partial charge in [-0.25, -0.2) is 9.59 Å². The molecule has 0 radical (unpaired) electrons. The van der Waals surface area contributed by atoms with Crippen LogP contribution in [0.25, 0.3) is 5.69 Å². The van der Waals surface area contributed by atoms with Crippen molar-refractivity contribution in [2.24, 2.45) is 0 Å². The lowest BCUT2D eigenvalue weighted by Gasteiger charge is -2.05. The number of hydrogen-bond donors (Lipinski definition) is 1. The molecule has 0 spiro atoms. The van der Waals surface area contributed by atoms with E-state index >= 15 is 0 Å². The van der Waals surface area contributed by atoms with E-state index in [4.69, 9.17) is 0 Å². The molecule has 0 fully saturated rings. The monoisotopic (exact) mass is 293 g/mol. The van der Waals surface area contributed by atoms with Crippen LogP contribution in [0.4, 0.5) is 5.82 Å². The maximum Gasteiger partial charge on any atom is 0.378 e. The number of methoxy groups -OCH3 is 2. The first-order chi connectivity index (χ1) is 10.0. The second kappa shape index (κ2) is 5.49. The zero-order chi connectivity index (χ0) is 15.6. The molecule has 2 heterocycles. The predicted octanol–water partition coefficient (Wildman–Crippen LogP) is 1.29. The average molecular weight is 293 g/mol. The molecular formula is C12H11N3O6. The summed E-state index contributed by atoms with van der Waals surface area (Å²) in [7, 11) is 2.34. The molecule has 2 rings (SSSR count). The molecule has 0 aromatic carbocycles. The topological polar surface area (TPSA) is 116 Å². The Morgan fingerprint density at radius 3 is 2.43 bits per heavy atom. The van der Waals surface area contributed by atoms with Gasteiger partial charge in [-0.05, 0) is 4.92 Å². The van der Waals surface area contributed by atoms with Crippen LogP contribution in [0, 0.1) is 10.1 Å². The van der Waals surface area contributed by atoms with Gasteiger partial charge in [-0.3, -0.25) is 0 Å². The summed E-state index contributed by atoms with van der Waals surface area (Å²) in [5, 5.41) is 11.1. The van der Waals surface area contributed by atoms with E-state index < -0.39 is 16.9 Å². The second-order valence-corrected chi connectivity index (χ2v) is 3.89. The molecule has 110 valence electrons. The lowest BCUT2D eigenvalue weighted by molar-refractivity contribution is -0.390. The van der Waals surface area contributed by atoms with Crippen LogP contribution in [0.2, 0.25) is 0 Å². The number of rotatable bonds is 4. The van der Waals surface area contributed by atoms with Crippen LogP contribution in [0.3, 0.4) is 0 Å². The van der Waals surface area contributed by atoms with Crippen LogP contribution in [0.5, 0.6) is 0 Å². The molecular weight excluding hydrogens is 282 g/mol. The minimum atomic E-state index is -0.764. The third-order valence-corrected chi connectivity index (χ3v) is 2.80. The number of nitrogens with one attached hydrogen (secondary N) is 1. The van der Waals surface area contributed by atoms with E-state index in [1.54, 1.807) is 0 Å². The highest BCUT2D eigenvalue weighted by Crippen LogP contribution is 2.26. The summed E-state index contributed by atoms with van der Waals surface area (Å²) < 4.78 is 10.2. The van der Waals surface area contributed by atoms with Crippen LogP contribution < -0.4 is 0 Å². The maximum absolute atomic E-state index is 11.7. The lowest BCUT2D eigenvalue weighted by atomic mass is 10.3. The van der Waals surface area contributed by atoms with Crippen LogP contribution in [0.1, 0.15) is 21.0 Å². The summed E-state index contributed by atoms with van der Waals surface area (Å²) >= 11 is 0. The molecule has 0 atom stereocenters. The van der Waals surface area contributed by atoms with Gasteiger partial charge in [-0.1, -0.05) is 0 Å². The Balaban J connectivity index is 2.70. The van der Waals surface area contributed by atoms with Crippen molar-refractivity contribution in [3.63, 3.8) is 0 Å². The predicted molar refractivity (Wildman–Crippen MR) is 69.5 cm³/mol. The first-order valence-corrected chi connectivity index (χ1v) is 5.71. The van der Waals surface area contributed by atoms with Crippen molar-refractivity contribution in [1.29, 1.82) is 0 Å². The number of carbonyl (C=O) groups excluding carboxylic acids is 2. The lowest BCUT2D eigenvalue weighted by Crippen LogP contribution is -2.14. The smallest absolute Gasteiger partial charge is 0.378 e. The highest BCUT2D eigenvalue weighted by atomic mass is 16.6. The molecule has 0 amide bonds. The minimum absolute atomic E-state index is 0.0121. The summed E-state index contributed by atoms with van der Waals surface area (Å²) in [4.78, 5) is 36.5. The molecule has 0 aliphatic rings. The van der Waals surface area contributed by atoms with Gasteiger partial charge in [0.15, 0.2) is 11.4 Å². The van der Waals surface area contributed by atoms with Crippen LogP contribution in [0.15, 0.2) is 24.4 Å². The number of carbonyl (C=O) groups is 2. The largest absolute Gasteiger partial charge is 0.464 e. The Bertz CT molecular complexity index is 714. The van der Waals surface area contributed by atoms with E-state index in [1.165, 1.54) is 25.4 Å². The maximum atomic E-state index is 11.7. The van der Waals surface area contributed by atoms with Crippen LogP contribution in [-0.2, 0) is 9.47 Å². The molecule has 0 saturated heterocycles. The number of H-pyrrole nitrogens is 1. The number of nitrogens with zero attached hydrogens (tertiary/aromatic N) is 2. The standard InChI is InChI=1S/C12H11N3O6/c1-20-11(16)8-3-4-9(15(18)19)14(8)7-5-6-13-10(7)12(17)21-2/h3-6,13H,1-2H3. The van der Waals surface area contributed by atoms with Gasteiger partial charge in [-0.2, -0.15) is 4.57 Å². The summed E-state index contributed by atoms with van der Waals surface area (Å²) in [5.41, 5.74) is 0.0369. The van der Waals surface area contributed by atoms with Gasteiger partial charge in [0, 0.05) is 24.4 Å². The van der Waals surface area contributed by atoms with E-state index in [9.17, 15) is 19.7 Å². The molecule has 0 unspecified atom stereocenters. The van der Waals surface area contributed by atoms with E-state index in [2.05, 4.69) is 14.5 Å². The van der Waals surface area contributed by atoms with Crippen molar-refractivity contribution in [1.82, 2.24) is 9.55 Å². The fourth-order valence-electron chi connectivity index (χ4n) is 1.90. The Kier molecular flexibility index (Phi) is 3.74. The fraction of sp³-hybridized carbons (Fsp3) is 0.167.